The van der Waals surface area contributed by atoms with E-state index in [2.05, 4.69) is 13.8 Å². The summed E-state index contributed by atoms with van der Waals surface area (Å²) in [5.41, 5.74) is 5.79. The Morgan fingerprint density at radius 3 is 2.00 bits per heavy atom. The summed E-state index contributed by atoms with van der Waals surface area (Å²) in [6, 6.07) is 0. The number of nitrogens with zero attached hydrogens (tertiary/aromatic N) is 1. The third-order valence-corrected chi connectivity index (χ3v) is 6.09. The highest BCUT2D eigenvalue weighted by molar-refractivity contribution is 7.80. The topological polar surface area (TPSA) is 46.3 Å². The minimum absolute atomic E-state index is 0.201. The lowest BCUT2D eigenvalue weighted by Gasteiger charge is -2.47. The van der Waals surface area contributed by atoms with Crippen LogP contribution in [0.5, 0.6) is 0 Å². The quantitative estimate of drug-likeness (QED) is 0.807. The normalized spacial score (nSPS) is 24.6. The molecule has 2 fully saturated rings. The van der Waals surface area contributed by atoms with Gasteiger partial charge in [-0.1, -0.05) is 45.3 Å². The van der Waals surface area contributed by atoms with Crippen LogP contribution >= 0.6 is 12.2 Å². The highest BCUT2D eigenvalue weighted by atomic mass is 32.1. The smallest absolute Gasteiger partial charge is 0.235 e. The highest BCUT2D eigenvalue weighted by Crippen LogP contribution is 2.45. The number of hydrogen-bond donors (Lipinski definition) is 1. The van der Waals surface area contributed by atoms with Gasteiger partial charge in [0, 0.05) is 13.1 Å². The van der Waals surface area contributed by atoms with Gasteiger partial charge in [-0.2, -0.15) is 0 Å². The fourth-order valence-corrected chi connectivity index (χ4v) is 3.83. The van der Waals surface area contributed by atoms with E-state index < -0.39 is 5.41 Å². The predicted molar refractivity (Wildman–Crippen MR) is 81.9 cm³/mol. The second-order valence-electron chi connectivity index (χ2n) is 6.30. The molecule has 1 aliphatic carbocycles. The van der Waals surface area contributed by atoms with Crippen LogP contribution in [0, 0.1) is 10.8 Å². The second-order valence-corrected chi connectivity index (χ2v) is 6.74. The molecule has 2 rings (SSSR count). The first-order chi connectivity index (χ1) is 8.99. The Morgan fingerprint density at radius 1 is 1.16 bits per heavy atom. The van der Waals surface area contributed by atoms with Gasteiger partial charge in [-0.3, -0.25) is 4.79 Å². The Morgan fingerprint density at radius 2 is 1.68 bits per heavy atom. The zero-order chi connectivity index (χ0) is 14.1. The Kier molecular flexibility index (Phi) is 4.19. The van der Waals surface area contributed by atoms with Crippen LogP contribution in [0.2, 0.25) is 0 Å². The van der Waals surface area contributed by atoms with Gasteiger partial charge in [0.2, 0.25) is 5.91 Å². The molecule has 2 N–H and O–H groups in total. The molecule has 1 heterocycles. The van der Waals surface area contributed by atoms with Crippen LogP contribution in [0.4, 0.5) is 0 Å². The predicted octanol–water partition coefficient (Wildman–Crippen LogP) is 2.87. The van der Waals surface area contributed by atoms with Gasteiger partial charge in [-0.25, -0.2) is 0 Å². The van der Waals surface area contributed by atoms with Crippen molar-refractivity contribution in [3.8, 4) is 0 Å². The number of carbonyl (C=O) groups is 1. The second kappa shape index (κ2) is 5.39. The molecule has 0 radical (unpaired) electrons. The molecule has 0 bridgehead atoms. The molecule has 0 aromatic carbocycles. The summed E-state index contributed by atoms with van der Waals surface area (Å²) in [7, 11) is 0. The average Bonchev–Trinajstić information content (AvgIpc) is 2.37. The molecule has 0 atom stereocenters. The maximum absolute atomic E-state index is 12.7. The van der Waals surface area contributed by atoms with Crippen LogP contribution in [0.15, 0.2) is 0 Å². The zero-order valence-corrected chi connectivity index (χ0v) is 13.0. The van der Waals surface area contributed by atoms with E-state index in [9.17, 15) is 4.79 Å². The lowest BCUT2D eigenvalue weighted by atomic mass is 9.67. The maximum atomic E-state index is 12.7. The van der Waals surface area contributed by atoms with Crippen molar-refractivity contribution in [2.24, 2.45) is 16.6 Å². The van der Waals surface area contributed by atoms with E-state index >= 15 is 0 Å². The molecule has 1 saturated carbocycles. The molecule has 3 nitrogen and oxygen atoms in total. The molecule has 2 aliphatic rings. The molecule has 1 saturated heterocycles. The summed E-state index contributed by atoms with van der Waals surface area (Å²) in [6.07, 6.45) is 7.45. The standard InChI is InChI=1S/C15H26N2OS/c1-3-14(4-2)8-10-17(11-9-14)13(18)15(12(16)19)6-5-7-15/h3-11H2,1-2H3,(H2,16,19). The molecule has 0 aromatic rings. The van der Waals surface area contributed by atoms with Gasteiger partial charge in [0.15, 0.2) is 0 Å². The van der Waals surface area contributed by atoms with Gasteiger partial charge in [0.05, 0.1) is 10.4 Å². The van der Waals surface area contributed by atoms with Crippen LogP contribution in [0.25, 0.3) is 0 Å². The van der Waals surface area contributed by atoms with E-state index in [1.807, 2.05) is 4.90 Å². The molecule has 0 spiro atoms. The summed E-state index contributed by atoms with van der Waals surface area (Å²) >= 11 is 5.15. The van der Waals surface area contributed by atoms with Crippen molar-refractivity contribution >= 4 is 23.1 Å². The van der Waals surface area contributed by atoms with Crippen molar-refractivity contribution in [1.82, 2.24) is 4.90 Å². The first-order valence-corrected chi connectivity index (χ1v) is 8.00. The van der Waals surface area contributed by atoms with Crippen LogP contribution in [-0.4, -0.2) is 28.9 Å². The largest absolute Gasteiger partial charge is 0.392 e. The molecule has 1 amide bonds. The molecule has 108 valence electrons. The number of amides is 1. The van der Waals surface area contributed by atoms with Gasteiger partial charge in [-0.15, -0.1) is 0 Å². The van der Waals surface area contributed by atoms with Gasteiger partial charge in [0.25, 0.3) is 0 Å². The molecule has 19 heavy (non-hydrogen) atoms. The number of thiocarbonyl (C=S) groups is 1. The van der Waals surface area contributed by atoms with Crippen molar-refractivity contribution in [2.45, 2.75) is 58.8 Å². The molecular formula is C15H26N2OS. The molecular weight excluding hydrogens is 256 g/mol. The number of carbonyl (C=O) groups excluding carboxylic acids is 1. The van der Waals surface area contributed by atoms with Crippen molar-refractivity contribution in [1.29, 1.82) is 0 Å². The molecule has 0 aromatic heterocycles. The first kappa shape index (κ1) is 14.8. The Bertz CT molecular complexity index is 362. The molecule has 4 heteroatoms. The third-order valence-electron chi connectivity index (χ3n) is 5.70. The van der Waals surface area contributed by atoms with E-state index in [4.69, 9.17) is 18.0 Å². The van der Waals surface area contributed by atoms with Crippen molar-refractivity contribution in [2.75, 3.05) is 13.1 Å². The van der Waals surface area contributed by atoms with Crippen molar-refractivity contribution in [3.63, 3.8) is 0 Å². The minimum Gasteiger partial charge on any atom is -0.392 e. The summed E-state index contributed by atoms with van der Waals surface area (Å²) in [6.45, 7) is 6.29. The summed E-state index contributed by atoms with van der Waals surface area (Å²) in [5.74, 6) is 0.201. The summed E-state index contributed by atoms with van der Waals surface area (Å²) in [5, 5.41) is 0. The Balaban J connectivity index is 2.02. The first-order valence-electron chi connectivity index (χ1n) is 7.59. The number of likely N-dealkylation sites (tertiary alicyclic amines) is 1. The van der Waals surface area contributed by atoms with Gasteiger partial charge < -0.3 is 10.6 Å². The van der Waals surface area contributed by atoms with E-state index in [0.717, 1.165) is 45.2 Å². The summed E-state index contributed by atoms with van der Waals surface area (Å²) < 4.78 is 0. The van der Waals surface area contributed by atoms with E-state index in [-0.39, 0.29) is 5.91 Å². The minimum atomic E-state index is -0.492. The fourth-order valence-electron chi connectivity index (χ4n) is 3.54. The average molecular weight is 282 g/mol. The van der Waals surface area contributed by atoms with Crippen molar-refractivity contribution in [3.05, 3.63) is 0 Å². The number of rotatable bonds is 4. The molecule has 0 unspecified atom stereocenters. The number of hydrogen-bond acceptors (Lipinski definition) is 2. The van der Waals surface area contributed by atoms with E-state index in [0.29, 0.717) is 10.4 Å². The number of nitrogens with two attached hydrogens (primary N) is 1. The van der Waals surface area contributed by atoms with Crippen LogP contribution in [0.1, 0.15) is 58.8 Å². The number of piperidine rings is 1. The Labute approximate surface area is 121 Å². The SMILES string of the molecule is CCC1(CC)CCN(C(=O)C2(C(N)=S)CCC2)CC1. The monoisotopic (exact) mass is 282 g/mol. The summed E-state index contributed by atoms with van der Waals surface area (Å²) in [4.78, 5) is 15.1. The van der Waals surface area contributed by atoms with E-state index in [1.54, 1.807) is 0 Å². The van der Waals surface area contributed by atoms with Gasteiger partial charge >= 0.3 is 0 Å². The van der Waals surface area contributed by atoms with Crippen LogP contribution < -0.4 is 5.73 Å². The lowest BCUT2D eigenvalue weighted by Crippen LogP contribution is -2.56. The molecule has 1 aliphatic heterocycles. The lowest BCUT2D eigenvalue weighted by molar-refractivity contribution is -0.144. The third kappa shape index (κ3) is 2.39. The van der Waals surface area contributed by atoms with Crippen LogP contribution in [-0.2, 0) is 4.79 Å². The van der Waals surface area contributed by atoms with Gasteiger partial charge in [-0.05, 0) is 31.1 Å². The van der Waals surface area contributed by atoms with Gasteiger partial charge in [0.1, 0.15) is 0 Å². The fraction of sp³-hybridized carbons (Fsp3) is 0.867. The van der Waals surface area contributed by atoms with Crippen molar-refractivity contribution < 1.29 is 4.79 Å². The van der Waals surface area contributed by atoms with Crippen LogP contribution in [0.3, 0.4) is 0 Å². The van der Waals surface area contributed by atoms with E-state index in [1.165, 1.54) is 12.8 Å². The zero-order valence-electron chi connectivity index (χ0n) is 12.2. The highest BCUT2D eigenvalue weighted by Gasteiger charge is 2.49. The maximum Gasteiger partial charge on any atom is 0.235 e. The Hall–Kier alpha value is -0.640.